The lowest BCUT2D eigenvalue weighted by Crippen LogP contribution is -2.60. The average Bonchev–Trinajstić information content (AvgIpc) is 3.47. The van der Waals surface area contributed by atoms with Gasteiger partial charge >= 0.3 is 6.09 Å². The zero-order valence-electron chi connectivity index (χ0n) is 34.2. The van der Waals surface area contributed by atoms with E-state index in [1.54, 1.807) is 12.0 Å². The van der Waals surface area contributed by atoms with Gasteiger partial charge in [0.15, 0.2) is 6.29 Å². The average molecular weight is 742 g/mol. The van der Waals surface area contributed by atoms with Crippen LogP contribution in [-0.4, -0.2) is 110 Å². The first kappa shape index (κ1) is 38.4. The molecule has 5 aliphatic carbocycles. The van der Waals surface area contributed by atoms with Crippen LogP contribution in [0.15, 0.2) is 0 Å². The molecule has 10 heteroatoms. The Balaban J connectivity index is 0.958. The molecule has 8 rings (SSSR count). The molecule has 0 aromatic carbocycles. The maximum Gasteiger partial charge on any atom is 0.410 e. The van der Waals surface area contributed by atoms with Crippen LogP contribution in [0.1, 0.15) is 119 Å². The Hall–Kier alpha value is -1.46. The number of carbonyl (C=O) groups excluding carboxylic acids is 2. The molecule has 5 saturated carbocycles. The molecule has 2 unspecified atom stereocenters. The molecule has 0 aromatic rings. The Morgan fingerprint density at radius 2 is 1.74 bits per heavy atom. The summed E-state index contributed by atoms with van der Waals surface area (Å²) >= 11 is 0. The molecule has 2 amide bonds. The molecule has 0 aromatic heterocycles. The number of ether oxygens (including phenoxy) is 4. The Morgan fingerprint density at radius 1 is 1.00 bits per heavy atom. The summed E-state index contributed by atoms with van der Waals surface area (Å²) in [6, 6.07) is -0.0564. The number of hydrogen-bond donors (Lipinski definition) is 2. The van der Waals surface area contributed by atoms with E-state index >= 15 is 0 Å². The number of aliphatic hydroxyl groups is 1. The molecule has 0 radical (unpaired) electrons. The van der Waals surface area contributed by atoms with E-state index < -0.39 is 0 Å². The third-order valence-electron chi connectivity index (χ3n) is 18.0. The summed E-state index contributed by atoms with van der Waals surface area (Å²) in [6.45, 7) is 20.9. The minimum Gasteiger partial charge on any atom is -0.443 e. The number of methoxy groups -OCH3 is 1. The molecule has 3 saturated heterocycles. The Kier molecular flexibility index (Phi) is 9.85. The van der Waals surface area contributed by atoms with E-state index in [-0.39, 0.29) is 70.9 Å². The van der Waals surface area contributed by atoms with E-state index in [0.29, 0.717) is 47.7 Å². The van der Waals surface area contributed by atoms with Gasteiger partial charge in [-0.05, 0) is 122 Å². The Labute approximate surface area is 319 Å². The van der Waals surface area contributed by atoms with Crippen molar-refractivity contribution in [2.45, 2.75) is 156 Å². The van der Waals surface area contributed by atoms with E-state index in [1.165, 1.54) is 32.1 Å². The molecule has 300 valence electrons. The first-order chi connectivity index (χ1) is 25.1. The zero-order chi connectivity index (χ0) is 37.7. The van der Waals surface area contributed by atoms with Crippen LogP contribution in [-0.2, 0) is 23.7 Å². The predicted octanol–water partition coefficient (Wildman–Crippen LogP) is 6.24. The largest absolute Gasteiger partial charge is 0.443 e. The highest BCUT2D eigenvalue weighted by Gasteiger charge is 2.83. The van der Waals surface area contributed by atoms with Crippen molar-refractivity contribution in [3.63, 3.8) is 0 Å². The minimum absolute atomic E-state index is 0.0251. The van der Waals surface area contributed by atoms with Gasteiger partial charge in [-0.1, -0.05) is 48.5 Å². The summed E-state index contributed by atoms with van der Waals surface area (Å²) in [7, 11) is 1.77. The van der Waals surface area contributed by atoms with Crippen LogP contribution in [0.5, 0.6) is 0 Å². The van der Waals surface area contributed by atoms with Crippen molar-refractivity contribution in [1.82, 2.24) is 15.1 Å². The first-order valence-electron chi connectivity index (χ1n) is 21.6. The van der Waals surface area contributed by atoms with Crippen molar-refractivity contribution < 1.29 is 33.6 Å². The number of hydrogen-bond acceptors (Lipinski definition) is 8. The normalized spacial score (nSPS) is 46.3. The molecule has 2 N–H and O–H groups in total. The van der Waals surface area contributed by atoms with Gasteiger partial charge in [-0.3, -0.25) is 9.69 Å². The minimum atomic E-state index is -0.316. The molecule has 3 heterocycles. The van der Waals surface area contributed by atoms with Crippen molar-refractivity contribution >= 4 is 12.0 Å². The number of nitrogens with zero attached hydrogens (tertiary/aromatic N) is 2. The Morgan fingerprint density at radius 3 is 2.40 bits per heavy atom. The number of fused-ring (bicyclic) bond motifs is 2. The third kappa shape index (κ3) is 5.70. The molecule has 14 atom stereocenters. The van der Waals surface area contributed by atoms with E-state index in [1.807, 2.05) is 0 Å². The van der Waals surface area contributed by atoms with E-state index in [9.17, 15) is 14.7 Å². The van der Waals surface area contributed by atoms with Crippen LogP contribution >= 0.6 is 0 Å². The second-order valence-electron chi connectivity index (χ2n) is 20.5. The number of aliphatic hydroxyl groups excluding tert-OH is 1. The molecular formula is C43H71N3O7. The third-order valence-corrected chi connectivity index (χ3v) is 18.0. The van der Waals surface area contributed by atoms with Crippen molar-refractivity contribution in [2.24, 2.45) is 56.7 Å². The van der Waals surface area contributed by atoms with Gasteiger partial charge in [0.25, 0.3) is 0 Å². The molecule has 53 heavy (non-hydrogen) atoms. The van der Waals surface area contributed by atoms with E-state index in [4.69, 9.17) is 18.9 Å². The SMILES string of the molecule is COC(C[C@@H](C)[C@H]1C[C@H](O)[C@@]2(C)C3CC[C@H]4C(C)(C)[C@@H](O[C@H]5CN([C@@H]6CCNC6=O)CCO5)CC[C@@]45C[C@@]35CC[C@]12C)[C@H](OC(=O)N1CCC1)C(C)C. The van der Waals surface area contributed by atoms with Crippen molar-refractivity contribution in [3.05, 3.63) is 0 Å². The molecule has 2 spiro atoms. The maximum atomic E-state index is 12.9. The van der Waals surface area contributed by atoms with Crippen LogP contribution in [0.3, 0.4) is 0 Å². The van der Waals surface area contributed by atoms with Crippen molar-refractivity contribution in [3.8, 4) is 0 Å². The van der Waals surface area contributed by atoms with Crippen LogP contribution in [0.25, 0.3) is 0 Å². The smallest absolute Gasteiger partial charge is 0.410 e. The zero-order valence-corrected chi connectivity index (χ0v) is 34.2. The van der Waals surface area contributed by atoms with Gasteiger partial charge in [-0.2, -0.15) is 0 Å². The van der Waals surface area contributed by atoms with Crippen LogP contribution < -0.4 is 5.32 Å². The van der Waals surface area contributed by atoms with Gasteiger partial charge in [0, 0.05) is 38.7 Å². The second-order valence-corrected chi connectivity index (χ2v) is 20.5. The fraction of sp³-hybridized carbons (Fsp3) is 0.953. The Bertz CT molecular complexity index is 1410. The van der Waals surface area contributed by atoms with Crippen LogP contribution in [0.2, 0.25) is 0 Å². The fourth-order valence-electron chi connectivity index (χ4n) is 14.8. The van der Waals surface area contributed by atoms with Gasteiger partial charge < -0.3 is 34.3 Å². The lowest BCUT2D eigenvalue weighted by Gasteiger charge is -2.64. The van der Waals surface area contributed by atoms with Gasteiger partial charge in [-0.25, -0.2) is 4.79 Å². The van der Waals surface area contributed by atoms with E-state index in [2.05, 4.69) is 58.7 Å². The van der Waals surface area contributed by atoms with Gasteiger partial charge in [0.05, 0.1) is 37.5 Å². The van der Waals surface area contributed by atoms with E-state index in [0.717, 1.165) is 64.7 Å². The first-order valence-corrected chi connectivity index (χ1v) is 21.6. The maximum absolute atomic E-state index is 12.9. The quantitative estimate of drug-likeness (QED) is 0.271. The number of nitrogens with one attached hydrogen (secondary N) is 1. The molecule has 8 fully saturated rings. The lowest BCUT2D eigenvalue weighted by atomic mass is 9.41. The highest BCUT2D eigenvalue weighted by Crippen LogP contribution is 2.89. The van der Waals surface area contributed by atoms with Crippen LogP contribution in [0.4, 0.5) is 4.79 Å². The van der Waals surface area contributed by atoms with Gasteiger partial charge in [0.2, 0.25) is 5.91 Å². The van der Waals surface area contributed by atoms with Gasteiger partial charge in [0.1, 0.15) is 6.10 Å². The summed E-state index contributed by atoms with van der Waals surface area (Å²) in [5.41, 5.74) is 0.570. The molecule has 0 bridgehead atoms. The predicted molar refractivity (Wildman–Crippen MR) is 202 cm³/mol. The molecule has 3 aliphatic heterocycles. The number of morpholine rings is 1. The lowest BCUT2D eigenvalue weighted by molar-refractivity contribution is -0.250. The molecule has 8 aliphatic rings. The molecular weight excluding hydrogens is 670 g/mol. The summed E-state index contributed by atoms with van der Waals surface area (Å²) in [6.07, 6.45) is 10.8. The standard InChI is InChI=1S/C43H71N3O7/c1-26(2)36(53-38(49)45-18-9-19-45)30(50-8)22-27(3)28-23-33(47)41(7)32-11-10-31-39(4,5)34(12-14-42(31)25-43(32,42)16-15-40(28,41)6)52-35-24-46(20-21-51-35)29-13-17-44-37(29)48/h26-36,47H,9-25H2,1-8H3,(H,44,48)/t27-,28-,29-,30?,31+,32?,33+,34+,35+,36-,40-,41-,42-,43+/m1/s1. The highest BCUT2D eigenvalue weighted by molar-refractivity contribution is 5.83. The number of amides is 2. The number of likely N-dealkylation sites (tertiary alicyclic amines) is 1. The summed E-state index contributed by atoms with van der Waals surface area (Å²) in [5, 5.41) is 15.3. The van der Waals surface area contributed by atoms with Crippen molar-refractivity contribution in [2.75, 3.05) is 46.4 Å². The summed E-state index contributed by atoms with van der Waals surface area (Å²) in [5.74, 6) is 2.13. The molecule has 10 nitrogen and oxygen atoms in total. The van der Waals surface area contributed by atoms with Crippen LogP contribution in [0, 0.1) is 56.7 Å². The van der Waals surface area contributed by atoms with Gasteiger partial charge in [-0.15, -0.1) is 0 Å². The second kappa shape index (κ2) is 13.6. The number of rotatable bonds is 10. The van der Waals surface area contributed by atoms with Crippen molar-refractivity contribution in [1.29, 1.82) is 0 Å². The summed E-state index contributed by atoms with van der Waals surface area (Å²) in [4.78, 5) is 29.4. The topological polar surface area (TPSA) is 110 Å². The summed E-state index contributed by atoms with van der Waals surface area (Å²) < 4.78 is 25.4. The monoisotopic (exact) mass is 742 g/mol. The highest BCUT2D eigenvalue weighted by atomic mass is 16.7. The number of carbonyl (C=O) groups is 2. The fourth-order valence-corrected chi connectivity index (χ4v) is 14.8.